The molecule has 4 rings (SSSR count). The number of thioether (sulfide) groups is 1. The first-order chi connectivity index (χ1) is 14.4. The Bertz CT molecular complexity index is 1210. The van der Waals surface area contributed by atoms with Crippen LogP contribution in [0, 0.1) is 18.6 Å². The summed E-state index contributed by atoms with van der Waals surface area (Å²) in [6.45, 7) is 2.01. The summed E-state index contributed by atoms with van der Waals surface area (Å²) >= 11 is 1.37. The standard InChI is InChI=1S/C22H19F2N3O2S/c1-12-6-3-4-7-13(12)11-30-22-26-21(29)18-15(10-17(28)25-20(18)27(22)2)14-8-5-9-16(23)19(14)24/h3-9,15H,10-11H2,1-2H3,(H,25,28)/t15-/m0/s1. The summed E-state index contributed by atoms with van der Waals surface area (Å²) in [5.74, 6) is -2.47. The molecular weight excluding hydrogens is 408 g/mol. The molecule has 3 aromatic rings. The number of hydrogen-bond acceptors (Lipinski definition) is 4. The van der Waals surface area contributed by atoms with Crippen molar-refractivity contribution in [3.8, 4) is 0 Å². The Kier molecular flexibility index (Phi) is 5.42. The van der Waals surface area contributed by atoms with Crippen molar-refractivity contribution in [2.24, 2.45) is 7.05 Å². The largest absolute Gasteiger partial charge is 0.312 e. The zero-order valence-corrected chi connectivity index (χ0v) is 17.2. The molecule has 1 atom stereocenters. The topological polar surface area (TPSA) is 64.0 Å². The van der Waals surface area contributed by atoms with Crippen LogP contribution in [0.5, 0.6) is 0 Å². The van der Waals surface area contributed by atoms with E-state index in [1.165, 1.54) is 23.9 Å². The summed E-state index contributed by atoms with van der Waals surface area (Å²) < 4.78 is 29.8. The summed E-state index contributed by atoms with van der Waals surface area (Å²) in [5.41, 5.74) is 1.83. The van der Waals surface area contributed by atoms with Crippen molar-refractivity contribution in [1.82, 2.24) is 9.55 Å². The minimum Gasteiger partial charge on any atom is -0.312 e. The maximum absolute atomic E-state index is 14.4. The van der Waals surface area contributed by atoms with E-state index in [0.29, 0.717) is 10.9 Å². The molecule has 2 aromatic carbocycles. The van der Waals surface area contributed by atoms with Crippen LogP contribution in [0.1, 0.15) is 34.6 Å². The van der Waals surface area contributed by atoms with Crippen LogP contribution in [0.2, 0.25) is 0 Å². The molecule has 30 heavy (non-hydrogen) atoms. The van der Waals surface area contributed by atoms with Crippen molar-refractivity contribution in [1.29, 1.82) is 0 Å². The van der Waals surface area contributed by atoms with Gasteiger partial charge in [0, 0.05) is 25.1 Å². The second kappa shape index (κ2) is 8.02. The van der Waals surface area contributed by atoms with Gasteiger partial charge >= 0.3 is 0 Å². The van der Waals surface area contributed by atoms with Crippen LogP contribution in [-0.2, 0) is 17.6 Å². The number of aromatic nitrogens is 2. The number of aryl methyl sites for hydroxylation is 1. The number of halogens is 2. The van der Waals surface area contributed by atoms with Crippen molar-refractivity contribution in [3.05, 3.63) is 86.7 Å². The fourth-order valence-electron chi connectivity index (χ4n) is 3.63. The van der Waals surface area contributed by atoms with E-state index in [1.54, 1.807) is 11.6 Å². The third-order valence-corrected chi connectivity index (χ3v) is 6.35. The van der Waals surface area contributed by atoms with Gasteiger partial charge in [0.25, 0.3) is 5.56 Å². The van der Waals surface area contributed by atoms with Crippen LogP contribution >= 0.6 is 11.8 Å². The van der Waals surface area contributed by atoms with Crippen LogP contribution in [-0.4, -0.2) is 15.5 Å². The number of nitrogens with zero attached hydrogens (tertiary/aromatic N) is 2. The minimum absolute atomic E-state index is 0.0229. The summed E-state index contributed by atoms with van der Waals surface area (Å²) in [7, 11) is 1.69. The summed E-state index contributed by atoms with van der Waals surface area (Å²) in [4.78, 5) is 29.4. The monoisotopic (exact) mass is 427 g/mol. The number of hydrogen-bond donors (Lipinski definition) is 1. The molecule has 0 spiro atoms. The molecular formula is C22H19F2N3O2S. The Morgan fingerprint density at radius 1 is 1.17 bits per heavy atom. The second-order valence-electron chi connectivity index (χ2n) is 7.18. The minimum atomic E-state index is -1.05. The van der Waals surface area contributed by atoms with Crippen LogP contribution in [0.25, 0.3) is 0 Å². The lowest BCUT2D eigenvalue weighted by Crippen LogP contribution is -2.34. The fourth-order valence-corrected chi connectivity index (χ4v) is 4.67. The highest BCUT2D eigenvalue weighted by molar-refractivity contribution is 7.98. The molecule has 0 aliphatic carbocycles. The molecule has 0 radical (unpaired) electrons. The molecule has 154 valence electrons. The van der Waals surface area contributed by atoms with Crippen LogP contribution < -0.4 is 10.9 Å². The third kappa shape index (κ3) is 3.63. The van der Waals surface area contributed by atoms with Gasteiger partial charge in [0.2, 0.25) is 5.91 Å². The number of carbonyl (C=O) groups is 1. The molecule has 1 amide bonds. The number of nitrogens with one attached hydrogen (secondary N) is 1. The van der Waals surface area contributed by atoms with Gasteiger partial charge in [-0.05, 0) is 29.7 Å². The van der Waals surface area contributed by atoms with Crippen molar-refractivity contribution >= 4 is 23.5 Å². The third-order valence-electron chi connectivity index (χ3n) is 5.28. The van der Waals surface area contributed by atoms with Gasteiger partial charge in [0.05, 0.1) is 5.56 Å². The predicted octanol–water partition coefficient (Wildman–Crippen LogP) is 4.13. The van der Waals surface area contributed by atoms with Crippen LogP contribution in [0.3, 0.4) is 0 Å². The number of fused-ring (bicyclic) bond motifs is 1. The smallest absolute Gasteiger partial charge is 0.279 e. The molecule has 5 nitrogen and oxygen atoms in total. The predicted molar refractivity (Wildman–Crippen MR) is 112 cm³/mol. The zero-order chi connectivity index (χ0) is 21.4. The van der Waals surface area contributed by atoms with E-state index in [1.807, 2.05) is 31.2 Å². The van der Waals surface area contributed by atoms with Gasteiger partial charge in [-0.25, -0.2) is 8.78 Å². The van der Waals surface area contributed by atoms with Gasteiger partial charge < -0.3 is 9.88 Å². The molecule has 1 aliphatic heterocycles. The SMILES string of the molecule is Cc1ccccc1CSc1nc(=O)c2c(n1C)NC(=O)C[C@H]2c1cccc(F)c1F. The van der Waals surface area contributed by atoms with Gasteiger partial charge in [-0.2, -0.15) is 4.98 Å². The quantitative estimate of drug-likeness (QED) is 0.502. The molecule has 1 aliphatic rings. The highest BCUT2D eigenvalue weighted by Crippen LogP contribution is 2.37. The highest BCUT2D eigenvalue weighted by Gasteiger charge is 2.34. The van der Waals surface area contributed by atoms with E-state index in [9.17, 15) is 18.4 Å². The summed E-state index contributed by atoms with van der Waals surface area (Å²) in [6, 6.07) is 11.7. The Morgan fingerprint density at radius 3 is 2.70 bits per heavy atom. The Hall–Kier alpha value is -3.00. The molecule has 2 heterocycles. The van der Waals surface area contributed by atoms with Gasteiger partial charge in [0.1, 0.15) is 5.82 Å². The Balaban J connectivity index is 1.76. The molecule has 0 saturated carbocycles. The Labute approximate surface area is 176 Å². The van der Waals surface area contributed by atoms with Crippen molar-refractivity contribution in [3.63, 3.8) is 0 Å². The van der Waals surface area contributed by atoms with Crippen LogP contribution in [0.4, 0.5) is 14.6 Å². The van der Waals surface area contributed by atoms with Gasteiger partial charge in [-0.1, -0.05) is 48.2 Å². The van der Waals surface area contributed by atoms with Crippen molar-refractivity contribution in [2.45, 2.75) is 30.2 Å². The number of anilines is 1. The maximum atomic E-state index is 14.4. The number of amides is 1. The average molecular weight is 427 g/mol. The van der Waals surface area contributed by atoms with Gasteiger partial charge in [-0.3, -0.25) is 9.59 Å². The second-order valence-corrected chi connectivity index (χ2v) is 8.13. The highest BCUT2D eigenvalue weighted by atomic mass is 32.2. The van der Waals surface area contributed by atoms with Crippen molar-refractivity contribution < 1.29 is 13.6 Å². The van der Waals surface area contributed by atoms with E-state index < -0.39 is 23.1 Å². The summed E-state index contributed by atoms with van der Waals surface area (Å²) in [6.07, 6.45) is -0.153. The number of carbonyl (C=O) groups excluding carboxylic acids is 1. The van der Waals surface area contributed by atoms with Gasteiger partial charge in [0.15, 0.2) is 16.8 Å². The van der Waals surface area contributed by atoms with Gasteiger partial charge in [-0.15, -0.1) is 0 Å². The number of rotatable bonds is 4. The summed E-state index contributed by atoms with van der Waals surface area (Å²) in [5, 5.41) is 3.14. The van der Waals surface area contributed by atoms with E-state index >= 15 is 0 Å². The lowest BCUT2D eigenvalue weighted by atomic mass is 9.86. The van der Waals surface area contributed by atoms with E-state index in [2.05, 4.69) is 10.3 Å². The molecule has 1 aromatic heterocycles. The lowest BCUT2D eigenvalue weighted by Gasteiger charge is -2.27. The van der Waals surface area contributed by atoms with E-state index in [0.717, 1.165) is 17.2 Å². The molecule has 0 bridgehead atoms. The lowest BCUT2D eigenvalue weighted by molar-refractivity contribution is -0.116. The first-order valence-corrected chi connectivity index (χ1v) is 10.4. The number of benzene rings is 2. The first kappa shape index (κ1) is 20.3. The van der Waals surface area contributed by atoms with Crippen molar-refractivity contribution in [2.75, 3.05) is 5.32 Å². The fraction of sp³-hybridized carbons (Fsp3) is 0.227. The maximum Gasteiger partial charge on any atom is 0.279 e. The average Bonchev–Trinajstić information content (AvgIpc) is 2.72. The van der Waals surface area contributed by atoms with E-state index in [-0.39, 0.29) is 29.3 Å². The molecule has 0 fully saturated rings. The normalized spacial score (nSPS) is 15.6. The molecule has 1 N–H and O–H groups in total. The zero-order valence-electron chi connectivity index (χ0n) is 16.4. The van der Waals surface area contributed by atoms with E-state index in [4.69, 9.17) is 0 Å². The Morgan fingerprint density at radius 2 is 1.93 bits per heavy atom. The molecule has 8 heteroatoms. The molecule has 0 unspecified atom stereocenters. The molecule has 0 saturated heterocycles. The van der Waals surface area contributed by atoms with Crippen LogP contribution in [0.15, 0.2) is 52.4 Å². The first-order valence-electron chi connectivity index (χ1n) is 9.38.